The van der Waals surface area contributed by atoms with E-state index in [1.165, 1.54) is 17.7 Å². The van der Waals surface area contributed by atoms with Crippen LogP contribution < -0.4 is 25.6 Å². The SMILES string of the molecule is COc1ccc(OCC#CCN(C)c2cc(=O)n(C)c(=O)n2C)cc1. The Hall–Kier alpha value is -3.14. The molecule has 0 N–H and O–H groups in total. The molecule has 0 amide bonds. The van der Waals surface area contributed by atoms with E-state index in [1.807, 2.05) is 24.3 Å². The first kappa shape index (κ1) is 18.2. The third-order valence-electron chi connectivity index (χ3n) is 3.70. The Morgan fingerprint density at radius 2 is 1.68 bits per heavy atom. The highest BCUT2D eigenvalue weighted by atomic mass is 16.5. The van der Waals surface area contributed by atoms with Crippen molar-refractivity contribution >= 4 is 5.82 Å². The fourth-order valence-corrected chi connectivity index (χ4v) is 2.19. The molecular weight excluding hydrogens is 322 g/mol. The molecule has 0 aliphatic heterocycles. The first-order valence-corrected chi connectivity index (χ1v) is 7.65. The highest BCUT2D eigenvalue weighted by molar-refractivity contribution is 5.39. The van der Waals surface area contributed by atoms with Crippen LogP contribution in [0.2, 0.25) is 0 Å². The maximum Gasteiger partial charge on any atom is 0.332 e. The number of hydrogen-bond acceptors (Lipinski definition) is 5. The van der Waals surface area contributed by atoms with E-state index in [0.717, 1.165) is 10.3 Å². The van der Waals surface area contributed by atoms with E-state index in [4.69, 9.17) is 9.47 Å². The number of hydrogen-bond donors (Lipinski definition) is 0. The summed E-state index contributed by atoms with van der Waals surface area (Å²) in [6.07, 6.45) is 0. The van der Waals surface area contributed by atoms with Crippen molar-refractivity contribution < 1.29 is 9.47 Å². The van der Waals surface area contributed by atoms with Crippen molar-refractivity contribution in [3.8, 4) is 23.3 Å². The molecule has 0 unspecified atom stereocenters. The second kappa shape index (κ2) is 8.11. The fraction of sp³-hybridized carbons (Fsp3) is 0.333. The van der Waals surface area contributed by atoms with E-state index in [-0.39, 0.29) is 17.9 Å². The largest absolute Gasteiger partial charge is 0.497 e. The predicted molar refractivity (Wildman–Crippen MR) is 96.5 cm³/mol. The summed E-state index contributed by atoms with van der Waals surface area (Å²) in [5, 5.41) is 0. The zero-order valence-electron chi connectivity index (χ0n) is 14.8. The first-order chi connectivity index (χ1) is 11.9. The Kier molecular flexibility index (Phi) is 5.90. The zero-order chi connectivity index (χ0) is 18.4. The number of nitrogens with zero attached hydrogens (tertiary/aromatic N) is 3. The quantitative estimate of drug-likeness (QED) is 0.745. The Morgan fingerprint density at radius 3 is 2.32 bits per heavy atom. The zero-order valence-corrected chi connectivity index (χ0v) is 14.8. The van der Waals surface area contributed by atoms with Crippen LogP contribution >= 0.6 is 0 Å². The second-order valence-corrected chi connectivity index (χ2v) is 5.42. The lowest BCUT2D eigenvalue weighted by Crippen LogP contribution is -2.39. The van der Waals surface area contributed by atoms with Crippen LogP contribution in [0, 0.1) is 11.8 Å². The van der Waals surface area contributed by atoms with Crippen LogP contribution in [0.1, 0.15) is 0 Å². The Morgan fingerprint density at radius 1 is 1.04 bits per heavy atom. The first-order valence-electron chi connectivity index (χ1n) is 7.65. The molecule has 2 rings (SSSR count). The molecule has 0 bridgehead atoms. The van der Waals surface area contributed by atoms with Crippen molar-refractivity contribution in [1.29, 1.82) is 0 Å². The highest BCUT2D eigenvalue weighted by Crippen LogP contribution is 2.16. The molecule has 1 aromatic heterocycles. The van der Waals surface area contributed by atoms with Gasteiger partial charge >= 0.3 is 5.69 Å². The molecule has 0 radical (unpaired) electrons. The van der Waals surface area contributed by atoms with Crippen molar-refractivity contribution in [3.63, 3.8) is 0 Å². The van der Waals surface area contributed by atoms with Crippen molar-refractivity contribution in [2.24, 2.45) is 14.1 Å². The van der Waals surface area contributed by atoms with Gasteiger partial charge in [-0.3, -0.25) is 13.9 Å². The van der Waals surface area contributed by atoms with Crippen molar-refractivity contribution in [1.82, 2.24) is 9.13 Å². The van der Waals surface area contributed by atoms with E-state index in [1.54, 1.807) is 26.1 Å². The van der Waals surface area contributed by atoms with Gasteiger partial charge in [0.1, 0.15) is 23.9 Å². The van der Waals surface area contributed by atoms with Gasteiger partial charge in [-0.1, -0.05) is 11.8 Å². The number of methoxy groups -OCH3 is 1. The van der Waals surface area contributed by atoms with Gasteiger partial charge < -0.3 is 14.4 Å². The summed E-state index contributed by atoms with van der Waals surface area (Å²) in [5.41, 5.74) is -0.717. The van der Waals surface area contributed by atoms with Crippen LogP contribution in [0.4, 0.5) is 5.82 Å². The van der Waals surface area contributed by atoms with E-state index in [9.17, 15) is 9.59 Å². The molecule has 0 fully saturated rings. The average Bonchev–Trinajstić information content (AvgIpc) is 2.63. The minimum atomic E-state index is -0.370. The predicted octanol–water partition coefficient (Wildman–Crippen LogP) is 0.611. The third-order valence-corrected chi connectivity index (χ3v) is 3.70. The number of aromatic nitrogens is 2. The number of rotatable bonds is 5. The summed E-state index contributed by atoms with van der Waals surface area (Å²) in [7, 11) is 6.45. The monoisotopic (exact) mass is 343 g/mol. The molecule has 0 saturated heterocycles. The van der Waals surface area contributed by atoms with E-state index >= 15 is 0 Å². The summed E-state index contributed by atoms with van der Waals surface area (Å²) in [5.74, 6) is 7.85. The molecule has 0 spiro atoms. The number of anilines is 1. The van der Waals surface area contributed by atoms with Crippen LogP contribution in [-0.2, 0) is 14.1 Å². The molecule has 0 atom stereocenters. The molecule has 1 aromatic carbocycles. The fourth-order valence-electron chi connectivity index (χ4n) is 2.19. The Bertz CT molecular complexity index is 901. The molecular formula is C18H21N3O4. The third kappa shape index (κ3) is 4.44. The summed E-state index contributed by atoms with van der Waals surface area (Å²) in [6, 6.07) is 8.65. The maximum absolute atomic E-state index is 11.9. The molecule has 2 aromatic rings. The molecule has 132 valence electrons. The van der Waals surface area contributed by atoms with E-state index in [0.29, 0.717) is 18.1 Å². The van der Waals surface area contributed by atoms with Gasteiger partial charge in [-0.15, -0.1) is 0 Å². The van der Waals surface area contributed by atoms with Crippen LogP contribution in [-0.4, -0.2) is 36.4 Å². The van der Waals surface area contributed by atoms with Gasteiger partial charge in [0.15, 0.2) is 0 Å². The molecule has 0 aliphatic rings. The topological polar surface area (TPSA) is 65.7 Å². The van der Waals surface area contributed by atoms with Crippen LogP contribution in [0.15, 0.2) is 39.9 Å². The normalized spacial score (nSPS) is 9.92. The van der Waals surface area contributed by atoms with Gasteiger partial charge in [-0.05, 0) is 24.3 Å². The summed E-state index contributed by atoms with van der Waals surface area (Å²) < 4.78 is 13.1. The average molecular weight is 343 g/mol. The molecule has 7 nitrogen and oxygen atoms in total. The van der Waals surface area contributed by atoms with Gasteiger partial charge in [-0.25, -0.2) is 4.79 Å². The number of benzene rings is 1. The minimum Gasteiger partial charge on any atom is -0.497 e. The molecule has 7 heteroatoms. The lowest BCUT2D eigenvalue weighted by atomic mass is 10.3. The van der Waals surface area contributed by atoms with Gasteiger partial charge in [0.2, 0.25) is 0 Å². The van der Waals surface area contributed by atoms with Crippen molar-refractivity contribution in [2.45, 2.75) is 0 Å². The van der Waals surface area contributed by atoms with Crippen molar-refractivity contribution in [2.75, 3.05) is 32.2 Å². The van der Waals surface area contributed by atoms with E-state index in [2.05, 4.69) is 11.8 Å². The summed E-state index contributed by atoms with van der Waals surface area (Å²) in [4.78, 5) is 25.4. The second-order valence-electron chi connectivity index (χ2n) is 5.42. The van der Waals surface area contributed by atoms with Gasteiger partial charge in [0.05, 0.1) is 13.7 Å². The lowest BCUT2D eigenvalue weighted by molar-refractivity contribution is 0.367. The summed E-state index contributed by atoms with van der Waals surface area (Å²) in [6.45, 7) is 0.613. The lowest BCUT2D eigenvalue weighted by Gasteiger charge is -2.19. The maximum atomic E-state index is 11.9. The van der Waals surface area contributed by atoms with Crippen LogP contribution in [0.5, 0.6) is 11.5 Å². The summed E-state index contributed by atoms with van der Waals surface area (Å²) >= 11 is 0. The van der Waals surface area contributed by atoms with E-state index < -0.39 is 0 Å². The molecule has 0 saturated carbocycles. The van der Waals surface area contributed by atoms with Crippen molar-refractivity contribution in [3.05, 3.63) is 51.2 Å². The molecule has 1 heterocycles. The Labute approximate surface area is 146 Å². The highest BCUT2D eigenvalue weighted by Gasteiger charge is 2.08. The van der Waals surface area contributed by atoms with Gasteiger partial charge in [-0.2, -0.15) is 0 Å². The van der Waals surface area contributed by atoms with Gasteiger partial charge in [0.25, 0.3) is 5.56 Å². The van der Waals surface area contributed by atoms with Gasteiger partial charge in [0, 0.05) is 27.2 Å². The smallest absolute Gasteiger partial charge is 0.332 e. The minimum absolute atomic E-state index is 0.246. The molecule has 0 aliphatic carbocycles. The molecule has 25 heavy (non-hydrogen) atoms. The number of ether oxygens (including phenoxy) is 2. The standard InChI is InChI=1S/C18H21N3O4/c1-19(16-13-17(22)21(3)18(23)20(16)2)11-5-6-12-25-15-9-7-14(24-4)8-10-15/h7-10,13H,11-12H2,1-4H3. The van der Waals surface area contributed by atoms with Crippen LogP contribution in [0.25, 0.3) is 0 Å². The van der Waals surface area contributed by atoms with Crippen LogP contribution in [0.3, 0.4) is 0 Å². The Balaban J connectivity index is 1.94.